The molecule has 0 unspecified atom stereocenters. The molecule has 1 aliphatic rings. The predicted octanol–water partition coefficient (Wildman–Crippen LogP) is 3.04. The minimum Gasteiger partial charge on any atom is -0.371 e. The van der Waals surface area contributed by atoms with Crippen molar-refractivity contribution < 1.29 is 0 Å². The first-order valence-corrected chi connectivity index (χ1v) is 6.13. The Morgan fingerprint density at radius 2 is 2.19 bits per heavy atom. The lowest BCUT2D eigenvalue weighted by Crippen LogP contribution is -2.24. The number of nitrogens with two attached hydrogens (primary N) is 1. The Hall–Kier alpha value is -0.730. The van der Waals surface area contributed by atoms with Gasteiger partial charge in [0.05, 0.1) is 0 Å². The second-order valence-electron chi connectivity index (χ2n) is 5.31. The van der Waals surface area contributed by atoms with Gasteiger partial charge in [-0.1, -0.05) is 31.5 Å². The molecule has 1 fully saturated rings. The monoisotopic (exact) mass is 238 g/mol. The maximum Gasteiger partial charge on any atom is 0.0426 e. The van der Waals surface area contributed by atoms with E-state index in [2.05, 4.69) is 18.7 Å². The van der Waals surface area contributed by atoms with Crippen molar-refractivity contribution in [3.8, 4) is 0 Å². The second kappa shape index (κ2) is 4.27. The number of rotatable bonds is 2. The molecule has 1 saturated heterocycles. The van der Waals surface area contributed by atoms with Crippen LogP contribution in [0.15, 0.2) is 18.2 Å². The fourth-order valence-corrected chi connectivity index (χ4v) is 2.49. The van der Waals surface area contributed by atoms with E-state index in [0.717, 1.165) is 18.1 Å². The van der Waals surface area contributed by atoms with E-state index in [9.17, 15) is 0 Å². The highest BCUT2D eigenvalue weighted by molar-refractivity contribution is 6.30. The van der Waals surface area contributed by atoms with Crippen molar-refractivity contribution in [1.82, 2.24) is 0 Å². The van der Waals surface area contributed by atoms with Crippen LogP contribution < -0.4 is 10.6 Å². The average molecular weight is 239 g/mol. The zero-order valence-corrected chi connectivity index (χ0v) is 10.7. The van der Waals surface area contributed by atoms with Crippen LogP contribution in [0.25, 0.3) is 0 Å². The zero-order valence-electron chi connectivity index (χ0n) is 9.96. The van der Waals surface area contributed by atoms with Gasteiger partial charge in [0, 0.05) is 30.3 Å². The third kappa shape index (κ3) is 2.33. The topological polar surface area (TPSA) is 29.3 Å². The summed E-state index contributed by atoms with van der Waals surface area (Å²) < 4.78 is 0. The number of nitrogens with zero attached hydrogens (tertiary/aromatic N) is 1. The third-order valence-electron chi connectivity index (χ3n) is 3.29. The van der Waals surface area contributed by atoms with Crippen molar-refractivity contribution in [2.24, 2.45) is 11.1 Å². The van der Waals surface area contributed by atoms with Crippen LogP contribution in [0.3, 0.4) is 0 Å². The summed E-state index contributed by atoms with van der Waals surface area (Å²) in [7, 11) is 0. The third-order valence-corrected chi connectivity index (χ3v) is 3.52. The van der Waals surface area contributed by atoms with Gasteiger partial charge in [0.1, 0.15) is 0 Å². The van der Waals surface area contributed by atoms with Crippen LogP contribution in [0.2, 0.25) is 5.02 Å². The van der Waals surface area contributed by atoms with E-state index in [4.69, 9.17) is 17.3 Å². The van der Waals surface area contributed by atoms with Crippen LogP contribution in [-0.2, 0) is 6.54 Å². The average Bonchev–Trinajstić information content (AvgIpc) is 2.59. The van der Waals surface area contributed by atoms with Crippen LogP contribution in [-0.4, -0.2) is 13.1 Å². The molecule has 0 spiro atoms. The Morgan fingerprint density at radius 3 is 2.75 bits per heavy atom. The van der Waals surface area contributed by atoms with Crippen LogP contribution in [0.4, 0.5) is 5.69 Å². The molecule has 3 heteroatoms. The number of anilines is 1. The SMILES string of the molecule is CC1(C)CCN(c2cc(Cl)ccc2CN)C1. The van der Waals surface area contributed by atoms with Gasteiger partial charge in [-0.05, 0) is 29.5 Å². The molecule has 0 radical (unpaired) electrons. The fraction of sp³-hybridized carbons (Fsp3) is 0.538. The van der Waals surface area contributed by atoms with Gasteiger partial charge in [-0.3, -0.25) is 0 Å². The van der Waals surface area contributed by atoms with Crippen LogP contribution in [0, 0.1) is 5.41 Å². The summed E-state index contributed by atoms with van der Waals surface area (Å²) >= 11 is 6.06. The number of halogens is 1. The second-order valence-corrected chi connectivity index (χ2v) is 5.75. The molecule has 2 rings (SSSR count). The van der Waals surface area contributed by atoms with Crippen molar-refractivity contribution >= 4 is 17.3 Å². The first-order chi connectivity index (χ1) is 7.52. The standard InChI is InChI=1S/C13H19ClN2/c1-13(2)5-6-16(9-13)12-7-11(14)4-3-10(12)8-15/h3-4,7H,5-6,8-9,15H2,1-2H3. The van der Waals surface area contributed by atoms with Crippen molar-refractivity contribution in [1.29, 1.82) is 0 Å². The molecular weight excluding hydrogens is 220 g/mol. The van der Waals surface area contributed by atoms with Crippen molar-refractivity contribution in [2.75, 3.05) is 18.0 Å². The Morgan fingerprint density at radius 1 is 1.44 bits per heavy atom. The Labute approximate surface area is 102 Å². The number of hydrogen-bond acceptors (Lipinski definition) is 2. The number of hydrogen-bond donors (Lipinski definition) is 1. The molecule has 88 valence electrons. The minimum absolute atomic E-state index is 0.397. The molecule has 2 nitrogen and oxygen atoms in total. The van der Waals surface area contributed by atoms with Crippen LogP contribution >= 0.6 is 11.6 Å². The largest absolute Gasteiger partial charge is 0.371 e. The van der Waals surface area contributed by atoms with Gasteiger partial charge in [0.2, 0.25) is 0 Å². The Bertz CT molecular complexity index is 388. The quantitative estimate of drug-likeness (QED) is 0.858. The molecule has 1 aromatic rings. The molecular formula is C13H19ClN2. The summed E-state index contributed by atoms with van der Waals surface area (Å²) in [4.78, 5) is 2.40. The van der Waals surface area contributed by atoms with Gasteiger partial charge in [0.25, 0.3) is 0 Å². The van der Waals surface area contributed by atoms with E-state index < -0.39 is 0 Å². The lowest BCUT2D eigenvalue weighted by molar-refractivity contribution is 0.418. The number of benzene rings is 1. The van der Waals surface area contributed by atoms with Gasteiger partial charge in [-0.2, -0.15) is 0 Å². The van der Waals surface area contributed by atoms with Crippen LogP contribution in [0.1, 0.15) is 25.8 Å². The fourth-order valence-electron chi connectivity index (χ4n) is 2.32. The molecule has 2 N–H and O–H groups in total. The molecule has 0 aliphatic carbocycles. The van der Waals surface area contributed by atoms with Gasteiger partial charge in [-0.25, -0.2) is 0 Å². The molecule has 0 amide bonds. The predicted molar refractivity (Wildman–Crippen MR) is 70.0 cm³/mol. The van der Waals surface area contributed by atoms with Crippen LogP contribution in [0.5, 0.6) is 0 Å². The van der Waals surface area contributed by atoms with E-state index in [1.54, 1.807) is 0 Å². The maximum absolute atomic E-state index is 6.06. The zero-order chi connectivity index (χ0) is 11.8. The van der Waals surface area contributed by atoms with E-state index in [1.165, 1.54) is 17.7 Å². The minimum atomic E-state index is 0.397. The molecule has 0 atom stereocenters. The summed E-state index contributed by atoms with van der Waals surface area (Å²) in [6.07, 6.45) is 1.23. The normalized spacial score (nSPS) is 19.1. The summed E-state index contributed by atoms with van der Waals surface area (Å²) in [6, 6.07) is 5.97. The van der Waals surface area contributed by atoms with Gasteiger partial charge < -0.3 is 10.6 Å². The summed E-state index contributed by atoms with van der Waals surface area (Å²) in [6.45, 7) is 7.36. The molecule has 1 aromatic carbocycles. The highest BCUT2D eigenvalue weighted by Crippen LogP contribution is 2.35. The van der Waals surface area contributed by atoms with Crippen molar-refractivity contribution in [2.45, 2.75) is 26.8 Å². The Kier molecular flexibility index (Phi) is 3.13. The lowest BCUT2D eigenvalue weighted by atomic mass is 9.93. The van der Waals surface area contributed by atoms with E-state index >= 15 is 0 Å². The van der Waals surface area contributed by atoms with E-state index in [1.807, 2.05) is 18.2 Å². The highest BCUT2D eigenvalue weighted by Gasteiger charge is 2.30. The lowest BCUT2D eigenvalue weighted by Gasteiger charge is -2.24. The van der Waals surface area contributed by atoms with Gasteiger partial charge in [0.15, 0.2) is 0 Å². The molecule has 0 bridgehead atoms. The molecule has 0 aromatic heterocycles. The molecule has 0 saturated carbocycles. The van der Waals surface area contributed by atoms with E-state index in [0.29, 0.717) is 12.0 Å². The molecule has 1 heterocycles. The summed E-state index contributed by atoms with van der Waals surface area (Å²) in [5, 5.41) is 0.789. The van der Waals surface area contributed by atoms with Gasteiger partial charge >= 0.3 is 0 Å². The maximum atomic E-state index is 6.06. The Balaban J connectivity index is 2.30. The summed E-state index contributed by atoms with van der Waals surface area (Å²) in [5.74, 6) is 0. The smallest absolute Gasteiger partial charge is 0.0426 e. The first kappa shape index (κ1) is 11.7. The highest BCUT2D eigenvalue weighted by atomic mass is 35.5. The van der Waals surface area contributed by atoms with Crippen molar-refractivity contribution in [3.05, 3.63) is 28.8 Å². The van der Waals surface area contributed by atoms with Gasteiger partial charge in [-0.15, -0.1) is 0 Å². The molecule has 1 aliphatic heterocycles. The van der Waals surface area contributed by atoms with E-state index in [-0.39, 0.29) is 0 Å². The van der Waals surface area contributed by atoms with Crippen molar-refractivity contribution in [3.63, 3.8) is 0 Å². The molecule has 16 heavy (non-hydrogen) atoms. The first-order valence-electron chi connectivity index (χ1n) is 5.75. The summed E-state index contributed by atoms with van der Waals surface area (Å²) in [5.41, 5.74) is 8.55.